The number of fused-ring (bicyclic) bond motifs is 1. The van der Waals surface area contributed by atoms with Crippen molar-refractivity contribution in [1.29, 1.82) is 0 Å². The summed E-state index contributed by atoms with van der Waals surface area (Å²) >= 11 is 0. The van der Waals surface area contributed by atoms with Crippen molar-refractivity contribution in [2.24, 2.45) is 7.05 Å². The number of aliphatic hydroxyl groups is 1. The number of benzene rings is 1. The zero-order valence-electron chi connectivity index (χ0n) is 23.6. The maximum atomic E-state index is 12.7. The van der Waals surface area contributed by atoms with Crippen LogP contribution in [-0.2, 0) is 31.4 Å². The molecule has 1 atom stereocenters. The first-order valence-electron chi connectivity index (χ1n) is 14.1. The zero-order chi connectivity index (χ0) is 28.8. The summed E-state index contributed by atoms with van der Waals surface area (Å²) in [6, 6.07) is 9.90. The number of aryl methyl sites for hydroxylation is 1. The SMILES string of the molecule is CC(=O)N1CCC(Nc2cc(C(=O)NCC(O)CN3CCc4cc(OCc5ccnn5C)ccc4C3)ncn2)CC1. The summed E-state index contributed by atoms with van der Waals surface area (Å²) in [7, 11) is 1.90. The van der Waals surface area contributed by atoms with Crippen molar-refractivity contribution in [2.45, 2.75) is 51.5 Å². The van der Waals surface area contributed by atoms with E-state index in [1.165, 1.54) is 17.5 Å². The molecular formula is C29H38N8O4. The van der Waals surface area contributed by atoms with Crippen LogP contribution in [0.25, 0.3) is 0 Å². The van der Waals surface area contributed by atoms with Gasteiger partial charge in [0.25, 0.3) is 5.91 Å². The molecule has 4 heterocycles. The second-order valence-corrected chi connectivity index (χ2v) is 10.7. The maximum Gasteiger partial charge on any atom is 0.270 e. The van der Waals surface area contributed by atoms with E-state index in [-0.39, 0.29) is 30.1 Å². The molecule has 0 spiro atoms. The molecule has 2 aliphatic heterocycles. The van der Waals surface area contributed by atoms with Crippen LogP contribution in [0.1, 0.15) is 47.1 Å². The highest BCUT2D eigenvalue weighted by atomic mass is 16.5. The van der Waals surface area contributed by atoms with Gasteiger partial charge in [-0.3, -0.25) is 19.2 Å². The number of rotatable bonds is 10. The second kappa shape index (κ2) is 13.1. The molecule has 0 aliphatic carbocycles. The molecule has 2 aliphatic rings. The number of hydrogen-bond acceptors (Lipinski definition) is 9. The summed E-state index contributed by atoms with van der Waals surface area (Å²) in [6.07, 6.45) is 4.90. The number of likely N-dealkylation sites (tertiary alicyclic amines) is 1. The summed E-state index contributed by atoms with van der Waals surface area (Å²) in [5, 5.41) is 21.0. The number of anilines is 1. The molecule has 0 bridgehead atoms. The number of nitrogens with zero attached hydrogens (tertiary/aromatic N) is 6. The molecule has 1 fully saturated rings. The Kier molecular flexibility index (Phi) is 9.10. The molecule has 2 aromatic heterocycles. The summed E-state index contributed by atoms with van der Waals surface area (Å²) in [5.41, 5.74) is 3.72. The highest BCUT2D eigenvalue weighted by molar-refractivity contribution is 5.92. The monoisotopic (exact) mass is 562 g/mol. The zero-order valence-corrected chi connectivity index (χ0v) is 23.6. The quantitative estimate of drug-likeness (QED) is 0.334. The molecule has 0 saturated carbocycles. The first-order valence-corrected chi connectivity index (χ1v) is 14.1. The van der Waals surface area contributed by atoms with Gasteiger partial charge in [0.1, 0.15) is 30.2 Å². The Hall–Kier alpha value is -4.03. The van der Waals surface area contributed by atoms with E-state index in [9.17, 15) is 14.7 Å². The Morgan fingerprint density at radius 2 is 1.95 bits per heavy atom. The van der Waals surface area contributed by atoms with E-state index >= 15 is 0 Å². The highest BCUT2D eigenvalue weighted by Gasteiger charge is 2.22. The van der Waals surface area contributed by atoms with Crippen LogP contribution in [0.5, 0.6) is 5.75 Å². The number of aliphatic hydroxyl groups excluding tert-OH is 1. The van der Waals surface area contributed by atoms with Crippen molar-refractivity contribution in [3.8, 4) is 5.75 Å². The van der Waals surface area contributed by atoms with Gasteiger partial charge in [-0.05, 0) is 48.6 Å². The van der Waals surface area contributed by atoms with Crippen LogP contribution in [0.3, 0.4) is 0 Å². The van der Waals surface area contributed by atoms with Crippen LogP contribution in [0.2, 0.25) is 0 Å². The average molecular weight is 563 g/mol. The summed E-state index contributed by atoms with van der Waals surface area (Å²) in [4.78, 5) is 36.6. The lowest BCUT2D eigenvalue weighted by molar-refractivity contribution is -0.129. The molecule has 5 rings (SSSR count). The number of carbonyl (C=O) groups excluding carboxylic acids is 2. The third kappa shape index (κ3) is 7.59. The van der Waals surface area contributed by atoms with Gasteiger partial charge in [0.15, 0.2) is 0 Å². The number of hydrogen-bond donors (Lipinski definition) is 3. The van der Waals surface area contributed by atoms with E-state index in [0.29, 0.717) is 32.1 Å². The van der Waals surface area contributed by atoms with Gasteiger partial charge in [0, 0.05) is 71.5 Å². The number of piperidine rings is 1. The Balaban J connectivity index is 1.05. The summed E-state index contributed by atoms with van der Waals surface area (Å²) in [5.74, 6) is 1.14. The van der Waals surface area contributed by atoms with Crippen molar-refractivity contribution in [1.82, 2.24) is 34.9 Å². The lowest BCUT2D eigenvalue weighted by Crippen LogP contribution is -2.42. The number of β-amino-alcohol motifs (C(OH)–C–C–N with tert-alkyl or cyclic N) is 1. The minimum atomic E-state index is -0.715. The second-order valence-electron chi connectivity index (χ2n) is 10.7. The first-order chi connectivity index (χ1) is 19.8. The molecule has 3 N–H and O–H groups in total. The molecule has 1 unspecified atom stereocenters. The highest BCUT2D eigenvalue weighted by Crippen LogP contribution is 2.24. The Morgan fingerprint density at radius 3 is 2.71 bits per heavy atom. The Morgan fingerprint density at radius 1 is 1.12 bits per heavy atom. The molecule has 2 amide bonds. The minimum Gasteiger partial charge on any atom is -0.487 e. The van der Waals surface area contributed by atoms with Crippen molar-refractivity contribution in [3.63, 3.8) is 0 Å². The standard InChI is InChI=1S/C29H38N8O4/c1-20(38)37-11-7-23(8-12-37)34-28-14-27(31-19-32-28)29(40)30-15-25(39)17-36-10-6-21-13-26(4-3-22(21)16-36)41-18-24-5-9-33-35(24)2/h3-5,9,13-14,19,23,25,39H,6-8,10-12,15-18H2,1-2H3,(H,30,40)(H,31,32,34). The summed E-state index contributed by atoms with van der Waals surface area (Å²) in [6.45, 7) is 5.58. The molecular weight excluding hydrogens is 524 g/mol. The van der Waals surface area contributed by atoms with Crippen molar-refractivity contribution in [2.75, 3.05) is 38.0 Å². The smallest absolute Gasteiger partial charge is 0.270 e. The lowest BCUT2D eigenvalue weighted by Gasteiger charge is -2.31. The Bertz CT molecular complexity index is 1350. The van der Waals surface area contributed by atoms with Crippen LogP contribution in [0, 0.1) is 0 Å². The number of aromatic nitrogens is 4. The van der Waals surface area contributed by atoms with Gasteiger partial charge in [-0.25, -0.2) is 9.97 Å². The third-order valence-electron chi connectivity index (χ3n) is 7.74. The van der Waals surface area contributed by atoms with Crippen molar-refractivity contribution >= 4 is 17.6 Å². The van der Waals surface area contributed by atoms with E-state index in [2.05, 4.69) is 42.7 Å². The fourth-order valence-corrected chi connectivity index (χ4v) is 5.31. The van der Waals surface area contributed by atoms with Gasteiger partial charge in [0.2, 0.25) is 5.91 Å². The topological polar surface area (TPSA) is 138 Å². The third-order valence-corrected chi connectivity index (χ3v) is 7.74. The van der Waals surface area contributed by atoms with E-state index in [1.54, 1.807) is 23.9 Å². The number of nitrogens with one attached hydrogen (secondary N) is 2. The van der Waals surface area contributed by atoms with Gasteiger partial charge < -0.3 is 25.4 Å². The van der Waals surface area contributed by atoms with E-state index < -0.39 is 6.10 Å². The molecule has 12 heteroatoms. The molecule has 1 saturated heterocycles. The number of amides is 2. The van der Waals surface area contributed by atoms with Crippen LogP contribution in [-0.4, -0.2) is 91.3 Å². The molecule has 12 nitrogen and oxygen atoms in total. The maximum absolute atomic E-state index is 12.7. The van der Waals surface area contributed by atoms with Gasteiger partial charge in [0.05, 0.1) is 11.8 Å². The molecule has 218 valence electrons. The molecule has 41 heavy (non-hydrogen) atoms. The first kappa shape index (κ1) is 28.5. The molecule has 1 aromatic carbocycles. The number of ether oxygens (including phenoxy) is 1. The van der Waals surface area contributed by atoms with Crippen molar-refractivity contribution < 1.29 is 19.4 Å². The van der Waals surface area contributed by atoms with Gasteiger partial charge >= 0.3 is 0 Å². The number of carbonyl (C=O) groups is 2. The molecule has 0 radical (unpaired) electrons. The average Bonchev–Trinajstić information content (AvgIpc) is 3.39. The Labute approximate surface area is 239 Å². The molecule has 3 aromatic rings. The van der Waals surface area contributed by atoms with E-state index in [0.717, 1.165) is 43.8 Å². The van der Waals surface area contributed by atoms with Gasteiger partial charge in [-0.15, -0.1) is 0 Å². The van der Waals surface area contributed by atoms with Crippen LogP contribution in [0.4, 0.5) is 5.82 Å². The lowest BCUT2D eigenvalue weighted by atomic mass is 9.99. The van der Waals surface area contributed by atoms with E-state index in [4.69, 9.17) is 4.74 Å². The largest absolute Gasteiger partial charge is 0.487 e. The van der Waals surface area contributed by atoms with Crippen molar-refractivity contribution in [3.05, 3.63) is 65.4 Å². The van der Waals surface area contributed by atoms with Crippen LogP contribution in [0.15, 0.2) is 42.9 Å². The fraction of sp³-hybridized carbons (Fsp3) is 0.483. The predicted molar refractivity (Wildman–Crippen MR) is 152 cm³/mol. The van der Waals surface area contributed by atoms with E-state index in [1.807, 2.05) is 24.1 Å². The van der Waals surface area contributed by atoms with Crippen LogP contribution < -0.4 is 15.4 Å². The van der Waals surface area contributed by atoms with Gasteiger partial charge in [-0.2, -0.15) is 5.10 Å². The van der Waals surface area contributed by atoms with Crippen LogP contribution >= 0.6 is 0 Å². The predicted octanol–water partition coefficient (Wildman–Crippen LogP) is 1.36. The fourth-order valence-electron chi connectivity index (χ4n) is 5.31. The summed E-state index contributed by atoms with van der Waals surface area (Å²) < 4.78 is 7.76. The normalized spacial score (nSPS) is 16.6. The minimum absolute atomic E-state index is 0.0915. The van der Waals surface area contributed by atoms with Gasteiger partial charge in [-0.1, -0.05) is 6.07 Å².